The smallest absolute Gasteiger partial charge is 0.0525 e. The molecule has 0 saturated carbocycles. The van der Waals surface area contributed by atoms with E-state index in [9.17, 15) is 0 Å². The van der Waals surface area contributed by atoms with Crippen molar-refractivity contribution in [2.24, 2.45) is 5.10 Å². The molecule has 0 aliphatic carbocycles. The van der Waals surface area contributed by atoms with E-state index in [1.165, 1.54) is 16.8 Å². The first-order valence-corrected chi connectivity index (χ1v) is 7.72. The van der Waals surface area contributed by atoms with Crippen molar-refractivity contribution >= 4 is 11.9 Å². The minimum atomic E-state index is -0.0768. The van der Waals surface area contributed by atoms with Crippen LogP contribution in [0.4, 0.5) is 5.69 Å². The number of rotatable bonds is 3. The Bertz CT molecular complexity index is 663. The van der Waals surface area contributed by atoms with Crippen LogP contribution in [-0.4, -0.2) is 25.3 Å². The molecule has 2 aromatic rings. The lowest BCUT2D eigenvalue weighted by molar-refractivity contribution is 0.426. The Hall–Kier alpha value is -2.29. The predicted molar refractivity (Wildman–Crippen MR) is 93.4 cm³/mol. The predicted octanol–water partition coefficient (Wildman–Crippen LogP) is 4.05. The third-order valence-corrected chi connectivity index (χ3v) is 4.28. The topological polar surface area (TPSA) is 27.6 Å². The van der Waals surface area contributed by atoms with Crippen molar-refractivity contribution in [3.63, 3.8) is 0 Å². The molecule has 1 aliphatic rings. The van der Waals surface area contributed by atoms with Gasteiger partial charge in [-0.25, -0.2) is 0 Å². The number of hydrazone groups is 1. The van der Waals surface area contributed by atoms with Gasteiger partial charge in [0.1, 0.15) is 0 Å². The van der Waals surface area contributed by atoms with Crippen molar-refractivity contribution in [2.75, 3.05) is 19.4 Å². The Morgan fingerprint density at radius 3 is 2.50 bits per heavy atom. The van der Waals surface area contributed by atoms with E-state index in [2.05, 4.69) is 78.2 Å². The lowest BCUT2D eigenvalue weighted by Gasteiger charge is -2.39. The maximum atomic E-state index is 4.53. The number of nitrogens with one attached hydrogen (secondary N) is 1. The minimum absolute atomic E-state index is 0.0768. The molecule has 2 aromatic carbocycles. The molecule has 3 nitrogen and oxygen atoms in total. The molecule has 1 heterocycles. The highest BCUT2D eigenvalue weighted by atomic mass is 15.4. The second kappa shape index (κ2) is 5.84. The number of hydrogen-bond donors (Lipinski definition) is 1. The zero-order valence-electron chi connectivity index (χ0n) is 13.5. The lowest BCUT2D eigenvalue weighted by Crippen LogP contribution is -2.35. The summed E-state index contributed by atoms with van der Waals surface area (Å²) in [6.45, 7) is 2.27. The summed E-state index contributed by atoms with van der Waals surface area (Å²) in [5.74, 6) is 0. The second-order valence-corrected chi connectivity index (χ2v) is 6.37. The molecule has 0 unspecified atom stereocenters. The molecule has 3 rings (SSSR count). The fourth-order valence-corrected chi connectivity index (χ4v) is 3.13. The molecule has 1 aliphatic heterocycles. The molecule has 22 heavy (non-hydrogen) atoms. The zero-order chi connectivity index (χ0) is 15.6. The van der Waals surface area contributed by atoms with Crippen LogP contribution in [0, 0.1) is 0 Å². The van der Waals surface area contributed by atoms with Gasteiger partial charge in [0.15, 0.2) is 0 Å². The number of benzene rings is 2. The van der Waals surface area contributed by atoms with Gasteiger partial charge in [0.2, 0.25) is 0 Å². The van der Waals surface area contributed by atoms with Gasteiger partial charge in [0.05, 0.1) is 6.04 Å². The van der Waals surface area contributed by atoms with Crippen LogP contribution < -0.4 is 5.32 Å². The maximum Gasteiger partial charge on any atom is 0.0525 e. The van der Waals surface area contributed by atoms with Crippen molar-refractivity contribution in [3.8, 4) is 0 Å². The van der Waals surface area contributed by atoms with Gasteiger partial charge in [0, 0.05) is 31.4 Å². The third-order valence-electron chi connectivity index (χ3n) is 4.28. The van der Waals surface area contributed by atoms with Crippen LogP contribution in [0.3, 0.4) is 0 Å². The molecule has 1 N–H and O–H groups in total. The van der Waals surface area contributed by atoms with Crippen LogP contribution >= 0.6 is 0 Å². The quantitative estimate of drug-likeness (QED) is 0.683. The largest absolute Gasteiger partial charge is 0.378 e. The van der Waals surface area contributed by atoms with Crippen molar-refractivity contribution in [1.29, 1.82) is 0 Å². The fourth-order valence-electron chi connectivity index (χ4n) is 3.13. The summed E-state index contributed by atoms with van der Waals surface area (Å²) in [6.07, 6.45) is 3.08. The van der Waals surface area contributed by atoms with E-state index < -0.39 is 0 Å². The number of nitrogens with zero attached hydrogens (tertiary/aromatic N) is 2. The van der Waals surface area contributed by atoms with E-state index in [0.29, 0.717) is 6.04 Å². The number of fused-ring (bicyclic) bond motifs is 1. The highest BCUT2D eigenvalue weighted by molar-refractivity contribution is 5.78. The zero-order valence-corrected chi connectivity index (χ0v) is 13.5. The first kappa shape index (κ1) is 14.6. The van der Waals surface area contributed by atoms with Gasteiger partial charge in [-0.2, -0.15) is 5.10 Å². The Kier molecular flexibility index (Phi) is 3.88. The van der Waals surface area contributed by atoms with Gasteiger partial charge in [-0.05, 0) is 23.6 Å². The van der Waals surface area contributed by atoms with Crippen molar-refractivity contribution < 1.29 is 0 Å². The van der Waals surface area contributed by atoms with Crippen LogP contribution in [0.5, 0.6) is 0 Å². The number of para-hydroxylation sites is 1. The molecule has 114 valence electrons. The lowest BCUT2D eigenvalue weighted by atomic mass is 9.73. The fraction of sp³-hybridized carbons (Fsp3) is 0.316. The highest BCUT2D eigenvalue weighted by Gasteiger charge is 2.35. The van der Waals surface area contributed by atoms with Crippen molar-refractivity contribution in [3.05, 3.63) is 65.7 Å². The molecule has 0 radical (unpaired) electrons. The summed E-state index contributed by atoms with van der Waals surface area (Å²) in [4.78, 5) is 0. The molecular formula is C19H23N3. The summed E-state index contributed by atoms with van der Waals surface area (Å²) in [6, 6.07) is 19.5. The van der Waals surface area contributed by atoms with E-state index in [1.807, 2.05) is 19.1 Å². The molecule has 3 heteroatoms. The van der Waals surface area contributed by atoms with Crippen LogP contribution in [-0.2, 0) is 5.41 Å². The number of hydrogen-bond acceptors (Lipinski definition) is 3. The molecular weight excluding hydrogens is 270 g/mol. The Morgan fingerprint density at radius 1 is 1.09 bits per heavy atom. The van der Waals surface area contributed by atoms with Crippen LogP contribution in [0.15, 0.2) is 59.7 Å². The van der Waals surface area contributed by atoms with Crippen LogP contribution in [0.2, 0.25) is 0 Å². The molecule has 0 saturated heterocycles. The third kappa shape index (κ3) is 2.84. The average molecular weight is 293 g/mol. The first-order chi connectivity index (χ1) is 10.6. The van der Waals surface area contributed by atoms with Gasteiger partial charge in [-0.3, -0.25) is 0 Å². The second-order valence-electron chi connectivity index (χ2n) is 6.37. The van der Waals surface area contributed by atoms with Gasteiger partial charge in [0.25, 0.3) is 0 Å². The Balaban J connectivity index is 2.02. The summed E-state index contributed by atoms with van der Waals surface area (Å²) in [7, 11) is 3.92. The van der Waals surface area contributed by atoms with Crippen LogP contribution in [0.1, 0.15) is 30.5 Å². The van der Waals surface area contributed by atoms with E-state index in [4.69, 9.17) is 0 Å². The molecule has 0 bridgehead atoms. The SMILES string of the molecule is CN(C)/N=C/[C@@]1(C)C[C@@H](c2ccccc2)Nc2ccccc21. The monoisotopic (exact) mass is 293 g/mol. The van der Waals surface area contributed by atoms with E-state index >= 15 is 0 Å². The maximum absolute atomic E-state index is 4.53. The molecule has 0 aromatic heterocycles. The molecule has 0 spiro atoms. The summed E-state index contributed by atoms with van der Waals surface area (Å²) >= 11 is 0. The minimum Gasteiger partial charge on any atom is -0.378 e. The summed E-state index contributed by atoms with van der Waals surface area (Å²) in [5.41, 5.74) is 3.76. The molecule has 0 fully saturated rings. The van der Waals surface area contributed by atoms with E-state index in [1.54, 1.807) is 0 Å². The van der Waals surface area contributed by atoms with E-state index in [0.717, 1.165) is 6.42 Å². The Morgan fingerprint density at radius 2 is 1.77 bits per heavy atom. The normalized spacial score (nSPS) is 23.9. The van der Waals surface area contributed by atoms with Gasteiger partial charge < -0.3 is 10.3 Å². The van der Waals surface area contributed by atoms with E-state index in [-0.39, 0.29) is 5.41 Å². The van der Waals surface area contributed by atoms with Gasteiger partial charge in [-0.1, -0.05) is 55.5 Å². The summed E-state index contributed by atoms with van der Waals surface area (Å²) < 4.78 is 0. The van der Waals surface area contributed by atoms with Crippen LogP contribution in [0.25, 0.3) is 0 Å². The number of anilines is 1. The molecule has 0 amide bonds. The first-order valence-electron chi connectivity index (χ1n) is 7.72. The Labute approximate surface area is 132 Å². The average Bonchev–Trinajstić information content (AvgIpc) is 2.54. The standard InChI is InChI=1S/C19H23N3/c1-19(14-20-22(2)3)13-18(15-9-5-4-6-10-15)21-17-12-8-7-11-16(17)19/h4-12,14,18,21H,13H2,1-3H3/b20-14+/t18-,19+/m0/s1. The van der Waals surface area contributed by atoms with Crippen molar-refractivity contribution in [1.82, 2.24) is 5.01 Å². The van der Waals surface area contributed by atoms with Gasteiger partial charge >= 0.3 is 0 Å². The highest BCUT2D eigenvalue weighted by Crippen LogP contribution is 2.43. The summed E-state index contributed by atoms with van der Waals surface area (Å²) in [5, 5.41) is 10.1. The molecule has 2 atom stereocenters. The van der Waals surface area contributed by atoms with Crippen molar-refractivity contribution in [2.45, 2.75) is 24.8 Å². The van der Waals surface area contributed by atoms with Gasteiger partial charge in [-0.15, -0.1) is 0 Å².